The van der Waals surface area contributed by atoms with Crippen molar-refractivity contribution < 1.29 is 23.5 Å². The molecule has 0 heterocycles. The number of hydrogen-bond acceptors (Lipinski definition) is 4. The molecular weight excluding hydrogens is 335 g/mol. The third kappa shape index (κ3) is 3.75. The van der Waals surface area contributed by atoms with Crippen molar-refractivity contribution in [3.8, 4) is 11.8 Å². The van der Waals surface area contributed by atoms with Crippen molar-refractivity contribution in [3.63, 3.8) is 0 Å². The second-order valence-corrected chi connectivity index (χ2v) is 5.92. The highest BCUT2D eigenvalue weighted by Crippen LogP contribution is 2.44. The maximum absolute atomic E-state index is 12.9. The van der Waals surface area contributed by atoms with Gasteiger partial charge < -0.3 is 9.47 Å². The molecule has 0 N–H and O–H groups in total. The summed E-state index contributed by atoms with van der Waals surface area (Å²) in [6, 6.07) is 5.79. The lowest BCUT2D eigenvalue weighted by molar-refractivity contribution is -0.164. The quantitative estimate of drug-likeness (QED) is 0.475. The summed E-state index contributed by atoms with van der Waals surface area (Å²) in [6.45, 7) is 5.67. The van der Waals surface area contributed by atoms with Crippen molar-refractivity contribution in [2.75, 3.05) is 14.2 Å². The van der Waals surface area contributed by atoms with E-state index in [0.29, 0.717) is 22.3 Å². The zero-order chi connectivity index (χ0) is 19.3. The third-order valence-electron chi connectivity index (χ3n) is 4.07. The van der Waals surface area contributed by atoms with Crippen LogP contribution in [-0.4, -0.2) is 26.2 Å². The molecule has 0 saturated carbocycles. The van der Waals surface area contributed by atoms with Crippen LogP contribution in [0.25, 0.3) is 0 Å². The number of esters is 2. The maximum atomic E-state index is 12.9. The molecule has 1 aromatic rings. The third-order valence-corrected chi connectivity index (χ3v) is 4.07. The average Bonchev–Trinajstić information content (AvgIpc) is 3.03. The van der Waals surface area contributed by atoms with E-state index in [2.05, 4.69) is 18.4 Å². The molecule has 26 heavy (non-hydrogen) atoms. The summed E-state index contributed by atoms with van der Waals surface area (Å²) in [6.07, 6.45) is 3.22. The van der Waals surface area contributed by atoms with Crippen LogP contribution in [0.15, 0.2) is 59.7 Å². The van der Waals surface area contributed by atoms with Crippen LogP contribution in [0, 0.1) is 23.1 Å². The van der Waals surface area contributed by atoms with Gasteiger partial charge in [-0.05, 0) is 54.5 Å². The predicted molar refractivity (Wildman–Crippen MR) is 95.3 cm³/mol. The molecule has 0 saturated heterocycles. The molecule has 5 heteroatoms. The van der Waals surface area contributed by atoms with Crippen molar-refractivity contribution in [1.82, 2.24) is 0 Å². The van der Waals surface area contributed by atoms with Crippen LogP contribution in [0.2, 0.25) is 0 Å². The highest BCUT2D eigenvalue weighted by Gasteiger charge is 2.51. The number of rotatable bonds is 3. The van der Waals surface area contributed by atoms with Crippen LogP contribution in [0.4, 0.5) is 4.39 Å². The summed E-state index contributed by atoms with van der Waals surface area (Å²) in [5.74, 6) is 4.04. The Bertz CT molecular complexity index is 848. The van der Waals surface area contributed by atoms with Gasteiger partial charge in [0.2, 0.25) is 0 Å². The van der Waals surface area contributed by atoms with E-state index < -0.39 is 17.4 Å². The molecule has 0 amide bonds. The van der Waals surface area contributed by atoms with E-state index in [4.69, 9.17) is 9.47 Å². The number of allylic oxidation sites excluding steroid dienone is 4. The first-order valence-electron chi connectivity index (χ1n) is 7.86. The minimum Gasteiger partial charge on any atom is -0.468 e. The van der Waals surface area contributed by atoms with Gasteiger partial charge in [-0.25, -0.2) is 4.39 Å². The van der Waals surface area contributed by atoms with Gasteiger partial charge in [-0.15, -0.1) is 0 Å². The average molecular weight is 354 g/mol. The van der Waals surface area contributed by atoms with E-state index in [0.717, 1.165) is 0 Å². The van der Waals surface area contributed by atoms with Gasteiger partial charge in [0.1, 0.15) is 5.82 Å². The monoisotopic (exact) mass is 354 g/mol. The molecule has 0 bridgehead atoms. The molecule has 1 aliphatic rings. The van der Waals surface area contributed by atoms with Gasteiger partial charge in [0.05, 0.1) is 14.2 Å². The van der Waals surface area contributed by atoms with Crippen LogP contribution in [0.3, 0.4) is 0 Å². The molecule has 0 unspecified atom stereocenters. The number of halogens is 1. The Labute approximate surface area is 152 Å². The van der Waals surface area contributed by atoms with E-state index in [1.165, 1.54) is 32.4 Å². The summed E-state index contributed by atoms with van der Waals surface area (Å²) in [4.78, 5) is 24.6. The second-order valence-electron chi connectivity index (χ2n) is 5.92. The molecule has 0 spiro atoms. The zero-order valence-electron chi connectivity index (χ0n) is 14.9. The van der Waals surface area contributed by atoms with Gasteiger partial charge in [0.15, 0.2) is 5.41 Å². The Balaban J connectivity index is 2.42. The summed E-state index contributed by atoms with van der Waals surface area (Å²) in [5, 5.41) is 0. The second kappa shape index (κ2) is 7.83. The number of hydrogen-bond donors (Lipinski definition) is 0. The maximum Gasteiger partial charge on any atom is 0.327 e. The molecule has 1 aromatic carbocycles. The molecule has 0 atom stereocenters. The minimum atomic E-state index is -1.54. The number of carbonyl (C=O) groups is 2. The standard InChI is InChI=1S/C21H19FO4/c1-14(2)18-13-21(19(23)25-3,20(24)26-4)12-16(18)7-5-6-15-8-10-17(22)11-9-15/h7-11,13H,1,12H2,2-4H3/b16-7-. The lowest BCUT2D eigenvalue weighted by atomic mass is 9.86. The molecule has 0 aliphatic heterocycles. The summed E-state index contributed by atoms with van der Waals surface area (Å²) in [5.41, 5.74) is 1.14. The molecule has 134 valence electrons. The van der Waals surface area contributed by atoms with Gasteiger partial charge in [0, 0.05) is 12.0 Å². The van der Waals surface area contributed by atoms with E-state index in [1.54, 1.807) is 25.1 Å². The first-order valence-corrected chi connectivity index (χ1v) is 7.86. The van der Waals surface area contributed by atoms with Gasteiger partial charge in [-0.1, -0.05) is 24.0 Å². The molecule has 4 nitrogen and oxygen atoms in total. The first kappa shape index (κ1) is 19.2. The van der Waals surface area contributed by atoms with Crippen molar-refractivity contribution >= 4 is 11.9 Å². The van der Waals surface area contributed by atoms with Crippen molar-refractivity contribution in [2.45, 2.75) is 13.3 Å². The molecule has 0 radical (unpaired) electrons. The minimum absolute atomic E-state index is 0.0760. The largest absolute Gasteiger partial charge is 0.468 e. The Kier molecular flexibility index (Phi) is 5.78. The summed E-state index contributed by atoms with van der Waals surface area (Å²) in [7, 11) is 2.44. The predicted octanol–water partition coefficient (Wildman–Crippen LogP) is 3.34. The van der Waals surface area contributed by atoms with E-state index >= 15 is 0 Å². The fourth-order valence-corrected chi connectivity index (χ4v) is 2.76. The molecule has 0 fully saturated rings. The Hall–Kier alpha value is -3.13. The van der Waals surface area contributed by atoms with Gasteiger partial charge >= 0.3 is 11.9 Å². The van der Waals surface area contributed by atoms with Gasteiger partial charge in [0.25, 0.3) is 0 Å². The molecular formula is C21H19FO4. The fraction of sp³-hybridized carbons (Fsp3) is 0.238. The lowest BCUT2D eigenvalue weighted by Crippen LogP contribution is -2.38. The summed E-state index contributed by atoms with van der Waals surface area (Å²) >= 11 is 0. The number of methoxy groups -OCH3 is 2. The van der Waals surface area contributed by atoms with Crippen LogP contribution in [0.5, 0.6) is 0 Å². The molecule has 0 aromatic heterocycles. The fourth-order valence-electron chi connectivity index (χ4n) is 2.76. The number of ether oxygens (including phenoxy) is 2. The smallest absolute Gasteiger partial charge is 0.327 e. The molecule has 2 rings (SSSR count). The molecule has 1 aliphatic carbocycles. The van der Waals surface area contributed by atoms with Crippen molar-refractivity contribution in [3.05, 3.63) is 71.1 Å². The first-order chi connectivity index (χ1) is 12.3. The van der Waals surface area contributed by atoms with Crippen molar-refractivity contribution in [2.24, 2.45) is 5.41 Å². The van der Waals surface area contributed by atoms with E-state index in [-0.39, 0.29) is 12.2 Å². The SMILES string of the molecule is C=C(C)C1=CC(C(=O)OC)(C(=O)OC)C/C1=C/C#Cc1ccc(F)cc1. The van der Waals surface area contributed by atoms with Gasteiger partial charge in [-0.2, -0.15) is 0 Å². The summed E-state index contributed by atoms with van der Waals surface area (Å²) < 4.78 is 22.6. The normalized spacial score (nSPS) is 16.3. The number of benzene rings is 1. The number of carbonyl (C=O) groups excluding carboxylic acids is 2. The Morgan fingerprint density at radius 2 is 1.77 bits per heavy atom. The van der Waals surface area contributed by atoms with E-state index in [9.17, 15) is 14.0 Å². The van der Waals surface area contributed by atoms with Crippen LogP contribution in [-0.2, 0) is 19.1 Å². The highest BCUT2D eigenvalue weighted by atomic mass is 19.1. The van der Waals surface area contributed by atoms with Crippen molar-refractivity contribution in [1.29, 1.82) is 0 Å². The van der Waals surface area contributed by atoms with Crippen LogP contribution in [0.1, 0.15) is 18.9 Å². The van der Waals surface area contributed by atoms with Crippen LogP contribution < -0.4 is 0 Å². The zero-order valence-corrected chi connectivity index (χ0v) is 14.9. The van der Waals surface area contributed by atoms with E-state index in [1.807, 2.05) is 0 Å². The topological polar surface area (TPSA) is 52.6 Å². The lowest BCUT2D eigenvalue weighted by Gasteiger charge is -2.20. The Morgan fingerprint density at radius 3 is 2.27 bits per heavy atom. The Morgan fingerprint density at radius 1 is 1.19 bits per heavy atom. The highest BCUT2D eigenvalue weighted by molar-refractivity contribution is 6.04. The van der Waals surface area contributed by atoms with Gasteiger partial charge in [-0.3, -0.25) is 9.59 Å². The van der Waals surface area contributed by atoms with Crippen LogP contribution >= 0.6 is 0 Å².